The van der Waals surface area contributed by atoms with Crippen LogP contribution in [0.4, 0.5) is 4.39 Å². The number of benzene rings is 1. The van der Waals surface area contributed by atoms with Crippen LogP contribution >= 0.6 is 11.6 Å². The van der Waals surface area contributed by atoms with Crippen LogP contribution in [0.2, 0.25) is 5.02 Å². The minimum absolute atomic E-state index is 0.0169. The van der Waals surface area contributed by atoms with E-state index >= 15 is 0 Å². The number of ether oxygens (including phenoxy) is 2. The summed E-state index contributed by atoms with van der Waals surface area (Å²) in [6.07, 6.45) is 0. The second-order valence-corrected chi connectivity index (χ2v) is 4.21. The van der Waals surface area contributed by atoms with E-state index in [1.165, 1.54) is 12.1 Å². The van der Waals surface area contributed by atoms with Gasteiger partial charge in [0, 0.05) is 13.7 Å². The maximum Gasteiger partial charge on any atom is 0.327 e. The van der Waals surface area contributed by atoms with Crippen molar-refractivity contribution < 1.29 is 18.7 Å². The van der Waals surface area contributed by atoms with Crippen LogP contribution < -0.4 is 5.32 Å². The Hall–Kier alpha value is -1.17. The molecule has 0 heterocycles. The molecule has 1 rings (SSSR count). The lowest BCUT2D eigenvalue weighted by molar-refractivity contribution is -0.145. The first kappa shape index (κ1) is 15.9. The van der Waals surface area contributed by atoms with Crippen molar-refractivity contribution in [1.82, 2.24) is 5.32 Å². The minimum Gasteiger partial charge on any atom is -0.465 e. The van der Waals surface area contributed by atoms with Crippen LogP contribution in [0.25, 0.3) is 0 Å². The number of carbonyl (C=O) groups is 1. The van der Waals surface area contributed by atoms with Crippen molar-refractivity contribution in [2.75, 3.05) is 26.9 Å². The molecule has 0 saturated heterocycles. The number of methoxy groups -OCH3 is 1. The molecule has 106 valence electrons. The first-order valence-electron chi connectivity index (χ1n) is 5.94. The van der Waals surface area contributed by atoms with Crippen LogP contribution in [0, 0.1) is 5.82 Å². The summed E-state index contributed by atoms with van der Waals surface area (Å²) in [4.78, 5) is 11.9. The number of hydrogen-bond acceptors (Lipinski definition) is 4. The van der Waals surface area contributed by atoms with Gasteiger partial charge in [0.1, 0.15) is 11.9 Å². The minimum atomic E-state index is -0.734. The van der Waals surface area contributed by atoms with Crippen molar-refractivity contribution in [2.45, 2.75) is 13.0 Å². The van der Waals surface area contributed by atoms with Gasteiger partial charge in [0.05, 0.1) is 18.2 Å². The van der Waals surface area contributed by atoms with Crippen LogP contribution in [-0.2, 0) is 14.3 Å². The average Bonchev–Trinajstić information content (AvgIpc) is 2.38. The Morgan fingerprint density at radius 1 is 1.53 bits per heavy atom. The lowest BCUT2D eigenvalue weighted by Gasteiger charge is -2.17. The Morgan fingerprint density at radius 2 is 2.26 bits per heavy atom. The van der Waals surface area contributed by atoms with Gasteiger partial charge in [0.15, 0.2) is 0 Å². The first-order valence-corrected chi connectivity index (χ1v) is 6.31. The topological polar surface area (TPSA) is 47.6 Å². The van der Waals surface area contributed by atoms with Crippen LogP contribution in [0.15, 0.2) is 18.2 Å². The second-order valence-electron chi connectivity index (χ2n) is 3.81. The molecule has 19 heavy (non-hydrogen) atoms. The summed E-state index contributed by atoms with van der Waals surface area (Å²) in [7, 11) is 1.56. The zero-order chi connectivity index (χ0) is 14.3. The summed E-state index contributed by atoms with van der Waals surface area (Å²) in [6.45, 7) is 2.86. The van der Waals surface area contributed by atoms with E-state index in [2.05, 4.69) is 5.32 Å². The predicted octanol–water partition coefficient (Wildman–Crippen LogP) is 2.32. The first-order chi connectivity index (χ1) is 9.10. The molecule has 0 spiro atoms. The molecule has 1 unspecified atom stereocenters. The van der Waals surface area contributed by atoms with E-state index < -0.39 is 17.8 Å². The monoisotopic (exact) mass is 289 g/mol. The fraction of sp³-hybridized carbons (Fsp3) is 0.462. The van der Waals surface area contributed by atoms with Crippen LogP contribution in [0.3, 0.4) is 0 Å². The molecule has 0 saturated carbocycles. The molecule has 6 heteroatoms. The molecule has 0 radical (unpaired) electrons. The van der Waals surface area contributed by atoms with Crippen molar-refractivity contribution in [3.63, 3.8) is 0 Å². The van der Waals surface area contributed by atoms with Crippen LogP contribution in [0.1, 0.15) is 18.5 Å². The van der Waals surface area contributed by atoms with E-state index in [-0.39, 0.29) is 11.6 Å². The Labute approximate surface area is 116 Å². The highest BCUT2D eigenvalue weighted by atomic mass is 35.5. The van der Waals surface area contributed by atoms with Crippen molar-refractivity contribution in [3.8, 4) is 0 Å². The van der Waals surface area contributed by atoms with Gasteiger partial charge < -0.3 is 9.47 Å². The molecule has 1 atom stereocenters. The molecule has 0 aliphatic carbocycles. The van der Waals surface area contributed by atoms with Gasteiger partial charge in [0.2, 0.25) is 0 Å². The fourth-order valence-corrected chi connectivity index (χ4v) is 1.68. The highest BCUT2D eigenvalue weighted by Crippen LogP contribution is 2.21. The van der Waals surface area contributed by atoms with E-state index in [0.29, 0.717) is 18.7 Å². The van der Waals surface area contributed by atoms with Crippen LogP contribution in [0.5, 0.6) is 0 Å². The average molecular weight is 290 g/mol. The highest BCUT2D eigenvalue weighted by molar-refractivity contribution is 6.30. The number of rotatable bonds is 7. The van der Waals surface area contributed by atoms with Crippen molar-refractivity contribution in [1.29, 1.82) is 0 Å². The van der Waals surface area contributed by atoms with E-state index in [9.17, 15) is 9.18 Å². The van der Waals surface area contributed by atoms with E-state index in [1.54, 1.807) is 20.1 Å². The lowest BCUT2D eigenvalue weighted by Crippen LogP contribution is -2.32. The van der Waals surface area contributed by atoms with Gasteiger partial charge >= 0.3 is 5.97 Å². The fourth-order valence-electron chi connectivity index (χ4n) is 1.56. The molecule has 0 aliphatic rings. The number of halogens is 2. The maximum atomic E-state index is 13.4. The molecule has 1 N–H and O–H groups in total. The van der Waals surface area contributed by atoms with Crippen molar-refractivity contribution in [3.05, 3.63) is 34.6 Å². The maximum absolute atomic E-state index is 13.4. The molecule has 0 aliphatic heterocycles. The molecule has 0 amide bonds. The second kappa shape index (κ2) is 8.09. The molecule has 1 aromatic carbocycles. The summed E-state index contributed by atoms with van der Waals surface area (Å²) in [5.74, 6) is -1.03. The summed E-state index contributed by atoms with van der Waals surface area (Å²) in [5.41, 5.74) is 0.469. The molecule has 0 fully saturated rings. The SMILES string of the molecule is CCOC(=O)C(NCCOC)c1ccc(Cl)c(F)c1. The normalized spacial score (nSPS) is 12.2. The van der Waals surface area contributed by atoms with E-state index in [1.807, 2.05) is 0 Å². The third-order valence-electron chi connectivity index (χ3n) is 2.45. The zero-order valence-electron chi connectivity index (χ0n) is 10.9. The number of esters is 1. The van der Waals surface area contributed by atoms with Gasteiger partial charge in [0.25, 0.3) is 0 Å². The standard InChI is InChI=1S/C13H17ClFNO3/c1-3-19-13(17)12(16-6-7-18-2)9-4-5-10(14)11(15)8-9/h4-5,8,12,16H,3,6-7H2,1-2H3. The van der Waals surface area contributed by atoms with Gasteiger partial charge in [-0.1, -0.05) is 17.7 Å². The van der Waals surface area contributed by atoms with Gasteiger partial charge in [-0.3, -0.25) is 5.32 Å². The summed E-state index contributed by atoms with van der Waals surface area (Å²) < 4.78 is 23.3. The number of carbonyl (C=O) groups excluding carboxylic acids is 1. The quantitative estimate of drug-likeness (QED) is 0.618. The van der Waals surface area contributed by atoms with E-state index in [0.717, 1.165) is 0 Å². The molecular formula is C13H17ClFNO3. The van der Waals surface area contributed by atoms with E-state index in [4.69, 9.17) is 21.1 Å². The third kappa shape index (κ3) is 4.78. The van der Waals surface area contributed by atoms with Gasteiger partial charge in [-0.05, 0) is 24.6 Å². The number of nitrogens with one attached hydrogen (secondary N) is 1. The lowest BCUT2D eigenvalue weighted by atomic mass is 10.1. The van der Waals surface area contributed by atoms with Gasteiger partial charge in [-0.15, -0.1) is 0 Å². The molecule has 0 aromatic heterocycles. The van der Waals surface area contributed by atoms with Gasteiger partial charge in [-0.2, -0.15) is 0 Å². The van der Waals surface area contributed by atoms with Gasteiger partial charge in [-0.25, -0.2) is 9.18 Å². The largest absolute Gasteiger partial charge is 0.465 e. The summed E-state index contributed by atoms with van der Waals surface area (Å²) >= 11 is 5.62. The molecule has 1 aromatic rings. The zero-order valence-corrected chi connectivity index (χ0v) is 11.7. The van der Waals surface area contributed by atoms with Crippen LogP contribution in [-0.4, -0.2) is 32.8 Å². The third-order valence-corrected chi connectivity index (χ3v) is 2.76. The Morgan fingerprint density at radius 3 is 2.84 bits per heavy atom. The summed E-state index contributed by atoms with van der Waals surface area (Å²) in [6, 6.07) is 3.49. The van der Waals surface area contributed by atoms with Crippen molar-refractivity contribution in [2.24, 2.45) is 0 Å². The number of hydrogen-bond donors (Lipinski definition) is 1. The van der Waals surface area contributed by atoms with Crippen molar-refractivity contribution >= 4 is 17.6 Å². The Kier molecular flexibility index (Phi) is 6.77. The highest BCUT2D eigenvalue weighted by Gasteiger charge is 2.22. The Balaban J connectivity index is 2.87. The Bertz CT molecular complexity index is 428. The molecule has 0 bridgehead atoms. The molecular weight excluding hydrogens is 273 g/mol. The smallest absolute Gasteiger partial charge is 0.327 e. The summed E-state index contributed by atoms with van der Waals surface area (Å²) in [5, 5.41) is 2.98. The molecule has 4 nitrogen and oxygen atoms in total. The predicted molar refractivity (Wildman–Crippen MR) is 70.7 cm³/mol.